The van der Waals surface area contributed by atoms with Crippen LogP contribution in [0, 0.1) is 0 Å². The third kappa shape index (κ3) is 3.34. The van der Waals surface area contributed by atoms with Crippen molar-refractivity contribution in [2.45, 2.75) is 19.0 Å². The van der Waals surface area contributed by atoms with Crippen molar-refractivity contribution in [2.75, 3.05) is 0 Å². The maximum Gasteiger partial charge on any atom is 0.338 e. The van der Waals surface area contributed by atoms with Crippen LogP contribution >= 0.6 is 11.6 Å². The van der Waals surface area contributed by atoms with E-state index in [4.69, 9.17) is 16.7 Å². The first kappa shape index (κ1) is 11.0. The highest BCUT2D eigenvalue weighted by Gasteiger charge is 2.14. The van der Waals surface area contributed by atoms with E-state index in [0.29, 0.717) is 11.4 Å². The van der Waals surface area contributed by atoms with Gasteiger partial charge < -0.3 is 5.11 Å². The van der Waals surface area contributed by atoms with E-state index in [2.05, 4.69) is 0 Å². The molecule has 0 amide bonds. The molecule has 0 aromatic heterocycles. The predicted molar refractivity (Wildman–Crippen MR) is 52.3 cm³/mol. The fourth-order valence-electron chi connectivity index (χ4n) is 1.07. The van der Waals surface area contributed by atoms with Gasteiger partial charge in [-0.2, -0.15) is 0 Å². The molecule has 0 saturated heterocycles. The average molecular weight is 217 g/mol. The SMILES string of the molecule is O=C(O)C(F)CCc1ccc(Cl)cc1. The van der Waals surface area contributed by atoms with E-state index in [1.54, 1.807) is 24.3 Å². The Balaban J connectivity index is 2.46. The molecular formula is C10H10ClFO2. The lowest BCUT2D eigenvalue weighted by Gasteiger charge is -2.03. The Morgan fingerprint density at radius 2 is 2.00 bits per heavy atom. The fraction of sp³-hybridized carbons (Fsp3) is 0.300. The number of carboxylic acids is 1. The third-order valence-electron chi connectivity index (χ3n) is 1.87. The summed E-state index contributed by atoms with van der Waals surface area (Å²) in [4.78, 5) is 10.2. The maximum absolute atomic E-state index is 12.7. The largest absolute Gasteiger partial charge is 0.479 e. The van der Waals surface area contributed by atoms with Crippen molar-refractivity contribution in [3.8, 4) is 0 Å². The molecule has 0 bridgehead atoms. The molecule has 1 rings (SSSR count). The lowest BCUT2D eigenvalue weighted by molar-refractivity contribution is -0.142. The van der Waals surface area contributed by atoms with Gasteiger partial charge in [0.1, 0.15) is 0 Å². The van der Waals surface area contributed by atoms with Crippen LogP contribution in [0.4, 0.5) is 4.39 Å². The first-order valence-corrected chi connectivity index (χ1v) is 4.58. The highest BCUT2D eigenvalue weighted by molar-refractivity contribution is 6.30. The van der Waals surface area contributed by atoms with Gasteiger partial charge in [-0.25, -0.2) is 9.18 Å². The third-order valence-corrected chi connectivity index (χ3v) is 2.12. The van der Waals surface area contributed by atoms with Crippen LogP contribution in [-0.4, -0.2) is 17.2 Å². The summed E-state index contributed by atoms with van der Waals surface area (Å²) in [6, 6.07) is 6.92. The van der Waals surface area contributed by atoms with Crippen molar-refractivity contribution in [3.63, 3.8) is 0 Å². The quantitative estimate of drug-likeness (QED) is 0.840. The van der Waals surface area contributed by atoms with Crippen LogP contribution in [-0.2, 0) is 11.2 Å². The molecule has 0 spiro atoms. The van der Waals surface area contributed by atoms with Crippen molar-refractivity contribution in [2.24, 2.45) is 0 Å². The Labute approximate surface area is 86.3 Å². The molecular weight excluding hydrogens is 207 g/mol. The van der Waals surface area contributed by atoms with Gasteiger partial charge in [0.05, 0.1) is 0 Å². The molecule has 1 atom stereocenters. The monoisotopic (exact) mass is 216 g/mol. The number of aliphatic carboxylic acids is 1. The summed E-state index contributed by atoms with van der Waals surface area (Å²) in [7, 11) is 0. The summed E-state index contributed by atoms with van der Waals surface area (Å²) in [5.74, 6) is -1.40. The molecule has 1 aromatic rings. The highest BCUT2D eigenvalue weighted by Crippen LogP contribution is 2.12. The van der Waals surface area contributed by atoms with E-state index in [1.165, 1.54) is 0 Å². The first-order chi connectivity index (χ1) is 6.59. The van der Waals surface area contributed by atoms with E-state index in [-0.39, 0.29) is 6.42 Å². The minimum atomic E-state index is -1.79. The molecule has 0 aliphatic carbocycles. The molecule has 0 radical (unpaired) electrons. The second kappa shape index (κ2) is 4.96. The molecule has 2 nitrogen and oxygen atoms in total. The molecule has 0 saturated carbocycles. The summed E-state index contributed by atoms with van der Waals surface area (Å²) >= 11 is 5.66. The smallest absolute Gasteiger partial charge is 0.338 e. The second-order valence-corrected chi connectivity index (χ2v) is 3.41. The van der Waals surface area contributed by atoms with Crippen LogP contribution in [0.15, 0.2) is 24.3 Å². The van der Waals surface area contributed by atoms with E-state index < -0.39 is 12.1 Å². The van der Waals surface area contributed by atoms with Gasteiger partial charge in [-0.1, -0.05) is 23.7 Å². The molecule has 1 aromatic carbocycles. The van der Waals surface area contributed by atoms with Gasteiger partial charge in [-0.15, -0.1) is 0 Å². The Bertz CT molecular complexity index is 310. The zero-order valence-corrected chi connectivity index (χ0v) is 8.17. The summed E-state index contributed by atoms with van der Waals surface area (Å²) in [5.41, 5.74) is 0.887. The van der Waals surface area contributed by atoms with Gasteiger partial charge in [-0.3, -0.25) is 0 Å². The number of hydrogen-bond donors (Lipinski definition) is 1. The molecule has 0 aliphatic heterocycles. The number of hydrogen-bond acceptors (Lipinski definition) is 1. The lowest BCUT2D eigenvalue weighted by Crippen LogP contribution is -2.14. The number of rotatable bonds is 4. The van der Waals surface area contributed by atoms with E-state index >= 15 is 0 Å². The van der Waals surface area contributed by atoms with Crippen LogP contribution in [0.5, 0.6) is 0 Å². The van der Waals surface area contributed by atoms with Crippen LogP contribution in [0.25, 0.3) is 0 Å². The minimum Gasteiger partial charge on any atom is -0.479 e. The number of alkyl halides is 1. The molecule has 0 fully saturated rings. The highest BCUT2D eigenvalue weighted by atomic mass is 35.5. The number of carbonyl (C=O) groups is 1. The zero-order chi connectivity index (χ0) is 10.6. The molecule has 0 heterocycles. The van der Waals surface area contributed by atoms with Gasteiger partial charge in [-0.05, 0) is 30.5 Å². The van der Waals surface area contributed by atoms with Gasteiger partial charge in [0.25, 0.3) is 0 Å². The average Bonchev–Trinajstić information content (AvgIpc) is 2.16. The fourth-order valence-corrected chi connectivity index (χ4v) is 1.19. The Morgan fingerprint density at radius 1 is 1.43 bits per heavy atom. The number of halogens is 2. The number of aryl methyl sites for hydroxylation is 1. The molecule has 4 heteroatoms. The topological polar surface area (TPSA) is 37.3 Å². The molecule has 1 unspecified atom stereocenters. The van der Waals surface area contributed by atoms with Crippen LogP contribution < -0.4 is 0 Å². The van der Waals surface area contributed by atoms with Gasteiger partial charge in [0.15, 0.2) is 6.17 Å². The number of carboxylic acid groups (broad SMARTS) is 1. The summed E-state index contributed by atoms with van der Waals surface area (Å²) < 4.78 is 12.7. The Kier molecular flexibility index (Phi) is 3.89. The van der Waals surface area contributed by atoms with Crippen molar-refractivity contribution < 1.29 is 14.3 Å². The second-order valence-electron chi connectivity index (χ2n) is 2.97. The molecule has 0 aliphatic rings. The van der Waals surface area contributed by atoms with Crippen molar-refractivity contribution in [3.05, 3.63) is 34.9 Å². The van der Waals surface area contributed by atoms with Gasteiger partial charge >= 0.3 is 5.97 Å². The first-order valence-electron chi connectivity index (χ1n) is 4.21. The maximum atomic E-state index is 12.7. The summed E-state index contributed by atoms with van der Waals surface area (Å²) in [6.45, 7) is 0. The van der Waals surface area contributed by atoms with Gasteiger partial charge in [0.2, 0.25) is 0 Å². The number of benzene rings is 1. The van der Waals surface area contributed by atoms with Crippen molar-refractivity contribution >= 4 is 17.6 Å². The van der Waals surface area contributed by atoms with E-state index in [9.17, 15) is 9.18 Å². The normalized spacial score (nSPS) is 12.4. The van der Waals surface area contributed by atoms with E-state index in [1.807, 2.05) is 0 Å². The summed E-state index contributed by atoms with van der Waals surface area (Å²) in [5, 5.41) is 8.92. The Morgan fingerprint density at radius 3 is 2.50 bits per heavy atom. The summed E-state index contributed by atoms with van der Waals surface area (Å²) in [6.07, 6.45) is -1.38. The standard InChI is InChI=1S/C10H10ClFO2/c11-8-4-1-7(2-5-8)3-6-9(12)10(13)14/h1-2,4-5,9H,3,6H2,(H,13,14). The lowest BCUT2D eigenvalue weighted by atomic mass is 10.1. The van der Waals surface area contributed by atoms with Crippen molar-refractivity contribution in [1.82, 2.24) is 0 Å². The molecule has 76 valence electrons. The van der Waals surface area contributed by atoms with Crippen LogP contribution in [0.2, 0.25) is 5.02 Å². The zero-order valence-electron chi connectivity index (χ0n) is 7.41. The van der Waals surface area contributed by atoms with Crippen LogP contribution in [0.3, 0.4) is 0 Å². The molecule has 14 heavy (non-hydrogen) atoms. The van der Waals surface area contributed by atoms with Gasteiger partial charge in [0, 0.05) is 5.02 Å². The predicted octanol–water partition coefficient (Wildman–Crippen LogP) is 2.70. The minimum absolute atomic E-state index is 0.00301. The van der Waals surface area contributed by atoms with E-state index in [0.717, 1.165) is 5.56 Å². The molecule has 1 N–H and O–H groups in total. The Hall–Kier alpha value is -1.09. The van der Waals surface area contributed by atoms with Crippen LogP contribution in [0.1, 0.15) is 12.0 Å². The van der Waals surface area contributed by atoms with Crippen molar-refractivity contribution in [1.29, 1.82) is 0 Å².